The fourth-order valence-electron chi connectivity index (χ4n) is 6.56. The monoisotopic (exact) mass is 290 g/mol. The number of hydrogen-bond acceptors (Lipinski definition) is 2. The summed E-state index contributed by atoms with van der Waals surface area (Å²) in [6.45, 7) is 4.13. The number of rotatable bonds is 4. The predicted octanol–water partition coefficient (Wildman–Crippen LogP) is 2.66. The van der Waals surface area contributed by atoms with Crippen LogP contribution in [-0.2, 0) is 4.79 Å². The van der Waals surface area contributed by atoms with Crippen molar-refractivity contribution in [2.75, 3.05) is 20.1 Å². The van der Waals surface area contributed by atoms with E-state index in [9.17, 15) is 4.79 Å². The van der Waals surface area contributed by atoms with Gasteiger partial charge in [0, 0.05) is 25.6 Å². The number of hydrogen-bond donors (Lipinski definition) is 1. The van der Waals surface area contributed by atoms with E-state index in [1.165, 1.54) is 38.5 Å². The van der Waals surface area contributed by atoms with Gasteiger partial charge < -0.3 is 10.2 Å². The predicted molar refractivity (Wildman–Crippen MR) is 83.8 cm³/mol. The van der Waals surface area contributed by atoms with E-state index in [2.05, 4.69) is 24.2 Å². The van der Waals surface area contributed by atoms with E-state index in [1.807, 2.05) is 0 Å². The smallest absolute Gasteiger partial charge is 0.222 e. The summed E-state index contributed by atoms with van der Waals surface area (Å²) < 4.78 is 0. The van der Waals surface area contributed by atoms with Gasteiger partial charge in [-0.3, -0.25) is 4.79 Å². The molecule has 118 valence electrons. The van der Waals surface area contributed by atoms with Crippen LogP contribution < -0.4 is 5.32 Å². The molecule has 21 heavy (non-hydrogen) atoms. The average Bonchev–Trinajstić information content (AvgIpc) is 2.72. The minimum absolute atomic E-state index is 0.382. The lowest BCUT2D eigenvalue weighted by Gasteiger charge is -2.59. The van der Waals surface area contributed by atoms with E-state index in [4.69, 9.17) is 0 Å². The average molecular weight is 290 g/mol. The second-order valence-corrected chi connectivity index (χ2v) is 8.73. The normalized spacial score (nSPS) is 46.4. The van der Waals surface area contributed by atoms with Crippen LogP contribution in [0.15, 0.2) is 0 Å². The first kappa shape index (κ1) is 14.0. The molecule has 1 amide bonds. The molecule has 0 aromatic heterocycles. The Hall–Kier alpha value is -0.570. The molecule has 1 N–H and O–H groups in total. The maximum absolute atomic E-state index is 12.2. The van der Waals surface area contributed by atoms with Crippen molar-refractivity contribution in [3.63, 3.8) is 0 Å². The molecule has 4 bridgehead atoms. The van der Waals surface area contributed by atoms with Crippen LogP contribution in [0.2, 0.25) is 0 Å². The zero-order chi connectivity index (χ0) is 14.6. The van der Waals surface area contributed by atoms with E-state index >= 15 is 0 Å². The fourth-order valence-corrected chi connectivity index (χ4v) is 6.56. The molecule has 4 aliphatic carbocycles. The van der Waals surface area contributed by atoms with Crippen molar-refractivity contribution in [3.05, 3.63) is 0 Å². The minimum Gasteiger partial charge on any atom is -0.341 e. The van der Waals surface area contributed by atoms with E-state index in [-0.39, 0.29) is 0 Å². The second kappa shape index (κ2) is 4.97. The summed E-state index contributed by atoms with van der Waals surface area (Å²) in [5, 5.41) is 3.63. The van der Waals surface area contributed by atoms with Crippen LogP contribution in [0.25, 0.3) is 0 Å². The first-order chi connectivity index (χ1) is 10.1. The molecular weight excluding hydrogens is 260 g/mol. The second-order valence-electron chi connectivity index (χ2n) is 8.73. The van der Waals surface area contributed by atoms with Crippen LogP contribution in [0.5, 0.6) is 0 Å². The highest BCUT2D eigenvalue weighted by atomic mass is 16.2. The third kappa shape index (κ3) is 2.32. The summed E-state index contributed by atoms with van der Waals surface area (Å²) in [4.78, 5) is 14.3. The zero-order valence-electron chi connectivity index (χ0n) is 13.6. The molecule has 1 heterocycles. The number of carbonyl (C=O) groups excluding carboxylic acids is 1. The summed E-state index contributed by atoms with van der Waals surface area (Å²) >= 11 is 0. The molecule has 4 saturated carbocycles. The van der Waals surface area contributed by atoms with Crippen molar-refractivity contribution < 1.29 is 4.79 Å². The first-order valence-corrected chi connectivity index (χ1v) is 9.03. The van der Waals surface area contributed by atoms with Crippen molar-refractivity contribution in [2.45, 2.75) is 57.9 Å². The van der Waals surface area contributed by atoms with Crippen LogP contribution in [0, 0.1) is 29.1 Å². The molecule has 5 fully saturated rings. The molecule has 0 aromatic rings. The van der Waals surface area contributed by atoms with Crippen LogP contribution >= 0.6 is 0 Å². The van der Waals surface area contributed by atoms with Crippen molar-refractivity contribution in [2.24, 2.45) is 29.1 Å². The first-order valence-electron chi connectivity index (χ1n) is 9.03. The molecule has 0 aromatic carbocycles. The van der Waals surface area contributed by atoms with Gasteiger partial charge in [-0.2, -0.15) is 0 Å². The highest BCUT2D eigenvalue weighted by molar-refractivity contribution is 5.78. The molecule has 3 heteroatoms. The number of amides is 1. The van der Waals surface area contributed by atoms with E-state index in [0.717, 1.165) is 37.3 Å². The fraction of sp³-hybridized carbons (Fsp3) is 0.944. The van der Waals surface area contributed by atoms with Crippen molar-refractivity contribution >= 4 is 5.91 Å². The zero-order valence-corrected chi connectivity index (χ0v) is 13.6. The van der Waals surface area contributed by atoms with Gasteiger partial charge in [0.1, 0.15) is 0 Å². The van der Waals surface area contributed by atoms with E-state index < -0.39 is 0 Å². The van der Waals surface area contributed by atoms with Gasteiger partial charge in [0.2, 0.25) is 5.91 Å². The largest absolute Gasteiger partial charge is 0.341 e. The van der Waals surface area contributed by atoms with Crippen molar-refractivity contribution in [3.8, 4) is 0 Å². The van der Waals surface area contributed by atoms with Crippen molar-refractivity contribution in [1.29, 1.82) is 0 Å². The number of likely N-dealkylation sites (N-methyl/N-ethyl adjacent to an activating group) is 1. The number of carbonyl (C=O) groups is 1. The van der Waals surface area contributed by atoms with Crippen LogP contribution in [-0.4, -0.2) is 37.0 Å². The SMILES string of the molecule is CNC(CN1CC(C)CC1=O)C12CC3CC(CC(C3)C1)C2. The Balaban J connectivity index is 1.52. The Morgan fingerprint density at radius 2 is 1.76 bits per heavy atom. The van der Waals surface area contributed by atoms with Gasteiger partial charge in [0.05, 0.1) is 0 Å². The summed E-state index contributed by atoms with van der Waals surface area (Å²) in [7, 11) is 2.12. The Kier molecular flexibility index (Phi) is 3.33. The van der Waals surface area contributed by atoms with Gasteiger partial charge in [0.15, 0.2) is 0 Å². The highest BCUT2D eigenvalue weighted by Crippen LogP contribution is 2.61. The van der Waals surface area contributed by atoms with Crippen LogP contribution in [0.4, 0.5) is 0 Å². The maximum Gasteiger partial charge on any atom is 0.222 e. The standard InChI is InChI=1S/C18H30N2O/c1-12-3-17(21)20(10-12)11-16(19-2)18-7-13-4-14(8-18)6-15(5-13)9-18/h12-16,19H,3-11H2,1-2H3. The number of nitrogens with zero attached hydrogens (tertiary/aromatic N) is 1. The van der Waals surface area contributed by atoms with Gasteiger partial charge >= 0.3 is 0 Å². The quantitative estimate of drug-likeness (QED) is 0.863. The summed E-state index contributed by atoms with van der Waals surface area (Å²) in [6.07, 6.45) is 9.50. The highest BCUT2D eigenvalue weighted by Gasteiger charge is 2.54. The lowest BCUT2D eigenvalue weighted by atomic mass is 9.47. The lowest BCUT2D eigenvalue weighted by molar-refractivity contribution is -0.129. The Morgan fingerprint density at radius 1 is 1.19 bits per heavy atom. The Labute approximate surface area is 128 Å². The molecule has 2 unspecified atom stereocenters. The Morgan fingerprint density at radius 3 is 2.19 bits per heavy atom. The molecule has 1 saturated heterocycles. The minimum atomic E-state index is 0.382. The van der Waals surface area contributed by atoms with Crippen molar-refractivity contribution in [1.82, 2.24) is 10.2 Å². The lowest BCUT2D eigenvalue weighted by Crippen LogP contribution is -2.58. The molecule has 2 atom stereocenters. The maximum atomic E-state index is 12.2. The molecule has 5 aliphatic rings. The van der Waals surface area contributed by atoms with Crippen LogP contribution in [0.1, 0.15) is 51.9 Å². The van der Waals surface area contributed by atoms with Gasteiger partial charge in [-0.25, -0.2) is 0 Å². The van der Waals surface area contributed by atoms with Gasteiger partial charge in [0.25, 0.3) is 0 Å². The summed E-state index contributed by atoms with van der Waals surface area (Å²) in [6, 6.07) is 0.514. The number of nitrogens with one attached hydrogen (secondary N) is 1. The van der Waals surface area contributed by atoms with E-state index in [1.54, 1.807) is 0 Å². The molecule has 0 spiro atoms. The molecular formula is C18H30N2O. The molecule has 5 rings (SSSR count). The van der Waals surface area contributed by atoms with Gasteiger partial charge in [-0.1, -0.05) is 6.92 Å². The van der Waals surface area contributed by atoms with Gasteiger partial charge in [-0.05, 0) is 74.7 Å². The summed E-state index contributed by atoms with van der Waals surface area (Å²) in [5.74, 6) is 3.89. The number of likely N-dealkylation sites (tertiary alicyclic amines) is 1. The molecule has 0 radical (unpaired) electrons. The third-order valence-electron chi connectivity index (χ3n) is 6.98. The third-order valence-corrected chi connectivity index (χ3v) is 6.98. The summed E-state index contributed by atoms with van der Waals surface area (Å²) in [5.41, 5.74) is 0.496. The topological polar surface area (TPSA) is 32.3 Å². The molecule has 3 nitrogen and oxygen atoms in total. The molecule has 1 aliphatic heterocycles. The van der Waals surface area contributed by atoms with Crippen LogP contribution in [0.3, 0.4) is 0 Å². The Bertz CT molecular complexity index is 398. The van der Waals surface area contributed by atoms with E-state index in [0.29, 0.717) is 23.3 Å². The van der Waals surface area contributed by atoms with Gasteiger partial charge in [-0.15, -0.1) is 0 Å².